The lowest BCUT2D eigenvalue weighted by atomic mass is 10.1. The van der Waals surface area contributed by atoms with Gasteiger partial charge in [0.05, 0.1) is 10.5 Å². The van der Waals surface area contributed by atoms with E-state index < -0.39 is 0 Å². The number of benzene rings is 2. The van der Waals surface area contributed by atoms with Crippen LogP contribution < -0.4 is 0 Å². The number of hydrogen-bond donors (Lipinski definition) is 0. The molecular weight excluding hydrogens is 286 g/mol. The van der Waals surface area contributed by atoms with E-state index in [0.717, 1.165) is 21.3 Å². The summed E-state index contributed by atoms with van der Waals surface area (Å²) in [6, 6.07) is 18.4. The highest BCUT2D eigenvalue weighted by molar-refractivity contribution is 7.98. The third kappa shape index (κ3) is 2.97. The molecule has 0 saturated carbocycles. The lowest BCUT2D eigenvalue weighted by molar-refractivity contribution is 1.16. The third-order valence-electron chi connectivity index (χ3n) is 3.18. The minimum Gasteiger partial charge on any atom is -0.241 e. The number of aryl methyl sites for hydroxylation is 1. The zero-order chi connectivity index (χ0) is 13.9. The Morgan fingerprint density at radius 2 is 1.90 bits per heavy atom. The number of thioether (sulfide) groups is 1. The van der Waals surface area contributed by atoms with E-state index in [1.54, 1.807) is 11.8 Å². The number of aromatic nitrogens is 1. The monoisotopic (exact) mass is 299 g/mol. The van der Waals surface area contributed by atoms with Crippen molar-refractivity contribution in [2.75, 3.05) is 0 Å². The molecule has 0 unspecified atom stereocenters. The van der Waals surface area contributed by atoms with Crippen molar-refractivity contribution < 1.29 is 0 Å². The Hall–Kier alpha value is -1.51. The summed E-state index contributed by atoms with van der Waals surface area (Å²) in [6.07, 6.45) is 0. The average Bonchev–Trinajstić information content (AvgIpc) is 2.45. The van der Waals surface area contributed by atoms with Gasteiger partial charge in [-0.1, -0.05) is 41.9 Å². The second kappa shape index (κ2) is 5.86. The molecule has 0 amide bonds. The van der Waals surface area contributed by atoms with Gasteiger partial charge in [0.1, 0.15) is 0 Å². The van der Waals surface area contributed by atoms with Gasteiger partial charge in [-0.25, -0.2) is 4.98 Å². The molecule has 1 heterocycles. The van der Waals surface area contributed by atoms with Crippen LogP contribution in [0.4, 0.5) is 0 Å². The van der Waals surface area contributed by atoms with E-state index in [1.165, 1.54) is 16.5 Å². The van der Waals surface area contributed by atoms with Gasteiger partial charge < -0.3 is 0 Å². The SMILES string of the molecule is Cc1cc(SCc2cccc(Cl)c2)nc2ccccc12. The van der Waals surface area contributed by atoms with Crippen LogP contribution in [0.3, 0.4) is 0 Å². The molecule has 0 fully saturated rings. The Morgan fingerprint density at radius 3 is 2.75 bits per heavy atom. The van der Waals surface area contributed by atoms with E-state index in [1.807, 2.05) is 24.3 Å². The van der Waals surface area contributed by atoms with Gasteiger partial charge in [0.2, 0.25) is 0 Å². The van der Waals surface area contributed by atoms with Gasteiger partial charge in [0.15, 0.2) is 0 Å². The Morgan fingerprint density at radius 1 is 1.05 bits per heavy atom. The predicted octanol–water partition coefficient (Wildman–Crippen LogP) is 5.49. The fourth-order valence-corrected chi connectivity index (χ4v) is 3.31. The molecule has 0 aliphatic heterocycles. The number of rotatable bonds is 3. The maximum Gasteiger partial charge on any atom is 0.0973 e. The summed E-state index contributed by atoms with van der Waals surface area (Å²) >= 11 is 7.75. The van der Waals surface area contributed by atoms with Crippen molar-refractivity contribution in [1.82, 2.24) is 4.98 Å². The van der Waals surface area contributed by atoms with E-state index in [9.17, 15) is 0 Å². The van der Waals surface area contributed by atoms with Gasteiger partial charge in [0, 0.05) is 16.2 Å². The maximum atomic E-state index is 6.01. The zero-order valence-corrected chi connectivity index (χ0v) is 12.7. The van der Waals surface area contributed by atoms with Crippen molar-refractivity contribution in [1.29, 1.82) is 0 Å². The average molecular weight is 300 g/mol. The highest BCUT2D eigenvalue weighted by Crippen LogP contribution is 2.26. The maximum absolute atomic E-state index is 6.01. The Labute approximate surface area is 128 Å². The summed E-state index contributed by atoms with van der Waals surface area (Å²) in [6.45, 7) is 2.13. The molecule has 3 aromatic rings. The highest BCUT2D eigenvalue weighted by atomic mass is 35.5. The van der Waals surface area contributed by atoms with Crippen molar-refractivity contribution in [3.05, 3.63) is 70.7 Å². The predicted molar refractivity (Wildman–Crippen MR) is 87.5 cm³/mol. The molecule has 1 aromatic heterocycles. The third-order valence-corrected chi connectivity index (χ3v) is 4.39. The molecule has 1 nitrogen and oxygen atoms in total. The Bertz CT molecular complexity index is 755. The lowest BCUT2D eigenvalue weighted by Crippen LogP contribution is -1.88. The molecule has 0 N–H and O–H groups in total. The molecule has 0 aliphatic rings. The number of halogens is 1. The molecular formula is C17H14ClNS. The molecule has 20 heavy (non-hydrogen) atoms. The van der Waals surface area contributed by atoms with Crippen molar-refractivity contribution in [3.8, 4) is 0 Å². The van der Waals surface area contributed by atoms with E-state index in [2.05, 4.69) is 37.3 Å². The number of pyridine rings is 1. The summed E-state index contributed by atoms with van der Waals surface area (Å²) in [5, 5.41) is 3.06. The van der Waals surface area contributed by atoms with Gasteiger partial charge in [-0.15, -0.1) is 11.8 Å². The second-order valence-corrected chi connectivity index (χ2v) is 6.15. The molecule has 3 heteroatoms. The number of hydrogen-bond acceptors (Lipinski definition) is 2. The van der Waals surface area contributed by atoms with Gasteiger partial charge in [-0.2, -0.15) is 0 Å². The quantitative estimate of drug-likeness (QED) is 0.593. The van der Waals surface area contributed by atoms with Gasteiger partial charge >= 0.3 is 0 Å². The van der Waals surface area contributed by atoms with Crippen LogP contribution in [-0.2, 0) is 5.75 Å². The molecule has 0 saturated heterocycles. The van der Waals surface area contributed by atoms with Crippen LogP contribution in [0, 0.1) is 6.92 Å². The van der Waals surface area contributed by atoms with Crippen LogP contribution in [0.2, 0.25) is 5.02 Å². The summed E-state index contributed by atoms with van der Waals surface area (Å²) in [5.41, 5.74) is 3.54. The first-order valence-electron chi connectivity index (χ1n) is 6.46. The molecule has 0 bridgehead atoms. The van der Waals surface area contributed by atoms with Gasteiger partial charge in [0.25, 0.3) is 0 Å². The molecule has 0 aliphatic carbocycles. The highest BCUT2D eigenvalue weighted by Gasteiger charge is 2.03. The fraction of sp³-hybridized carbons (Fsp3) is 0.118. The summed E-state index contributed by atoms with van der Waals surface area (Å²) in [4.78, 5) is 4.70. The number of fused-ring (bicyclic) bond motifs is 1. The topological polar surface area (TPSA) is 12.9 Å². The van der Waals surface area contributed by atoms with Crippen molar-refractivity contribution >= 4 is 34.3 Å². The normalized spacial score (nSPS) is 10.9. The van der Waals surface area contributed by atoms with Crippen LogP contribution in [0.25, 0.3) is 10.9 Å². The number of nitrogens with zero attached hydrogens (tertiary/aromatic N) is 1. The first-order chi connectivity index (χ1) is 9.72. The Balaban J connectivity index is 1.84. The van der Waals surface area contributed by atoms with Crippen molar-refractivity contribution in [2.45, 2.75) is 17.7 Å². The summed E-state index contributed by atoms with van der Waals surface area (Å²) in [5.74, 6) is 0.880. The summed E-state index contributed by atoms with van der Waals surface area (Å²) < 4.78 is 0. The molecule has 2 aromatic carbocycles. The lowest BCUT2D eigenvalue weighted by Gasteiger charge is -2.06. The fourth-order valence-electron chi connectivity index (χ4n) is 2.18. The van der Waals surface area contributed by atoms with Crippen LogP contribution >= 0.6 is 23.4 Å². The van der Waals surface area contributed by atoms with Gasteiger partial charge in [-0.05, 0) is 42.3 Å². The molecule has 0 spiro atoms. The minimum absolute atomic E-state index is 0.783. The molecule has 0 atom stereocenters. The van der Waals surface area contributed by atoms with E-state index in [4.69, 9.17) is 16.6 Å². The Kier molecular flexibility index (Phi) is 3.95. The molecule has 100 valence electrons. The largest absolute Gasteiger partial charge is 0.241 e. The smallest absolute Gasteiger partial charge is 0.0973 e. The van der Waals surface area contributed by atoms with E-state index in [0.29, 0.717) is 0 Å². The van der Waals surface area contributed by atoms with Crippen LogP contribution in [0.5, 0.6) is 0 Å². The van der Waals surface area contributed by atoms with E-state index in [-0.39, 0.29) is 0 Å². The second-order valence-electron chi connectivity index (χ2n) is 4.71. The van der Waals surface area contributed by atoms with Crippen molar-refractivity contribution in [2.24, 2.45) is 0 Å². The molecule has 3 rings (SSSR count). The van der Waals surface area contributed by atoms with Crippen LogP contribution in [0.15, 0.2) is 59.6 Å². The van der Waals surface area contributed by atoms with Crippen LogP contribution in [0.1, 0.15) is 11.1 Å². The van der Waals surface area contributed by atoms with E-state index >= 15 is 0 Å². The summed E-state index contributed by atoms with van der Waals surface area (Å²) in [7, 11) is 0. The van der Waals surface area contributed by atoms with Crippen LogP contribution in [-0.4, -0.2) is 4.98 Å². The number of para-hydroxylation sites is 1. The standard InChI is InChI=1S/C17H14ClNS/c1-12-9-17(19-16-8-3-2-7-15(12)16)20-11-13-5-4-6-14(18)10-13/h2-10H,11H2,1H3. The minimum atomic E-state index is 0.783. The van der Waals surface area contributed by atoms with Crippen molar-refractivity contribution in [3.63, 3.8) is 0 Å². The first-order valence-corrected chi connectivity index (χ1v) is 7.82. The molecule has 0 radical (unpaired) electrons. The zero-order valence-electron chi connectivity index (χ0n) is 11.1. The first kappa shape index (κ1) is 13.5. The van der Waals surface area contributed by atoms with Gasteiger partial charge in [-0.3, -0.25) is 0 Å².